The molecule has 19 heavy (non-hydrogen) atoms. The lowest BCUT2D eigenvalue weighted by molar-refractivity contribution is 0.0939. The highest BCUT2D eigenvalue weighted by atomic mass is 16.1. The van der Waals surface area contributed by atoms with Crippen LogP contribution in [0.3, 0.4) is 0 Å². The monoisotopic (exact) mass is 256 g/mol. The summed E-state index contributed by atoms with van der Waals surface area (Å²) in [7, 11) is 0. The van der Waals surface area contributed by atoms with Crippen molar-refractivity contribution in [3.8, 4) is 0 Å². The van der Waals surface area contributed by atoms with E-state index in [-0.39, 0.29) is 11.7 Å². The molecule has 1 aromatic carbocycles. The Morgan fingerprint density at radius 2 is 1.95 bits per heavy atom. The highest BCUT2D eigenvalue weighted by Crippen LogP contribution is 2.23. The molecule has 0 radical (unpaired) electrons. The molecular weight excluding hydrogens is 236 g/mol. The van der Waals surface area contributed by atoms with Crippen molar-refractivity contribution < 1.29 is 4.79 Å². The smallest absolute Gasteiger partial charge is 0.166 e. The van der Waals surface area contributed by atoms with E-state index in [1.807, 2.05) is 38.1 Å². The van der Waals surface area contributed by atoms with Gasteiger partial charge >= 0.3 is 0 Å². The third-order valence-electron chi connectivity index (χ3n) is 2.96. The van der Waals surface area contributed by atoms with Crippen molar-refractivity contribution in [2.45, 2.75) is 33.7 Å². The summed E-state index contributed by atoms with van der Waals surface area (Å²) in [4.78, 5) is 16.4. The molecule has 1 N–H and O–H groups in total. The molecule has 0 unspecified atom stereocenters. The fourth-order valence-corrected chi connectivity index (χ4v) is 2.06. The number of pyridine rings is 1. The van der Waals surface area contributed by atoms with Crippen molar-refractivity contribution >= 4 is 22.4 Å². The predicted octanol–water partition coefficient (Wildman–Crippen LogP) is 3.89. The van der Waals surface area contributed by atoms with Gasteiger partial charge in [0, 0.05) is 29.1 Å². The summed E-state index contributed by atoms with van der Waals surface area (Å²) in [6.07, 6.45) is 1.68. The van der Waals surface area contributed by atoms with Gasteiger partial charge in [-0.05, 0) is 26.0 Å². The molecule has 2 rings (SSSR count). The average molecular weight is 256 g/mol. The van der Waals surface area contributed by atoms with Crippen LogP contribution in [0.25, 0.3) is 10.9 Å². The van der Waals surface area contributed by atoms with E-state index >= 15 is 0 Å². The van der Waals surface area contributed by atoms with E-state index in [4.69, 9.17) is 0 Å². The number of fused-ring (bicyclic) bond motifs is 1. The first-order valence-electron chi connectivity index (χ1n) is 6.68. The van der Waals surface area contributed by atoms with Gasteiger partial charge in [0.1, 0.15) is 0 Å². The lowest BCUT2D eigenvalue weighted by Gasteiger charge is -2.12. The van der Waals surface area contributed by atoms with E-state index in [2.05, 4.69) is 24.1 Å². The molecule has 0 bridgehead atoms. The lowest BCUT2D eigenvalue weighted by atomic mass is 10.0. The molecule has 0 aliphatic carbocycles. The van der Waals surface area contributed by atoms with Gasteiger partial charge < -0.3 is 5.32 Å². The van der Waals surface area contributed by atoms with Crippen molar-refractivity contribution in [2.24, 2.45) is 5.92 Å². The minimum Gasteiger partial charge on any atom is -0.381 e. The molecule has 0 atom stereocenters. The number of hydrogen-bond acceptors (Lipinski definition) is 3. The number of anilines is 1. The Balaban J connectivity index is 2.48. The number of aromatic nitrogens is 1. The highest BCUT2D eigenvalue weighted by molar-refractivity contribution is 6.01. The molecular formula is C16H20N2O. The van der Waals surface area contributed by atoms with Crippen LogP contribution in [0, 0.1) is 5.92 Å². The molecule has 0 aliphatic rings. The molecule has 3 nitrogen and oxygen atoms in total. The summed E-state index contributed by atoms with van der Waals surface area (Å²) >= 11 is 0. The number of para-hydroxylation sites is 1. The molecule has 0 amide bonds. The topological polar surface area (TPSA) is 42.0 Å². The number of ketones is 1. The van der Waals surface area contributed by atoms with Crippen molar-refractivity contribution in [1.82, 2.24) is 4.98 Å². The first-order chi connectivity index (χ1) is 8.99. The second-order valence-corrected chi connectivity index (χ2v) is 5.42. The van der Waals surface area contributed by atoms with Gasteiger partial charge in [0.15, 0.2) is 5.78 Å². The van der Waals surface area contributed by atoms with E-state index in [9.17, 15) is 4.79 Å². The SMILES string of the molecule is CC(C)Nc1cccc2cc(C(=O)C(C)C)cnc12. The molecule has 0 aliphatic heterocycles. The molecule has 1 heterocycles. The first-order valence-corrected chi connectivity index (χ1v) is 6.68. The predicted molar refractivity (Wildman–Crippen MR) is 79.7 cm³/mol. The van der Waals surface area contributed by atoms with Crippen LogP contribution in [-0.4, -0.2) is 16.8 Å². The molecule has 0 fully saturated rings. The fraction of sp³-hybridized carbons (Fsp3) is 0.375. The molecule has 100 valence electrons. The summed E-state index contributed by atoms with van der Waals surface area (Å²) in [5.41, 5.74) is 2.61. The average Bonchev–Trinajstić information content (AvgIpc) is 2.36. The van der Waals surface area contributed by atoms with Gasteiger partial charge in [-0.3, -0.25) is 9.78 Å². The van der Waals surface area contributed by atoms with Crippen LogP contribution in [0.1, 0.15) is 38.1 Å². The van der Waals surface area contributed by atoms with E-state index in [1.165, 1.54) is 0 Å². The number of carbonyl (C=O) groups excluding carboxylic acids is 1. The van der Waals surface area contributed by atoms with Crippen molar-refractivity contribution in [3.05, 3.63) is 36.0 Å². The Morgan fingerprint density at radius 3 is 2.58 bits per heavy atom. The number of carbonyl (C=O) groups is 1. The van der Waals surface area contributed by atoms with Gasteiger partial charge in [0.2, 0.25) is 0 Å². The lowest BCUT2D eigenvalue weighted by Crippen LogP contribution is -2.11. The number of rotatable bonds is 4. The van der Waals surface area contributed by atoms with Crippen LogP contribution in [-0.2, 0) is 0 Å². The van der Waals surface area contributed by atoms with Crippen molar-refractivity contribution in [1.29, 1.82) is 0 Å². The second kappa shape index (κ2) is 5.39. The number of nitrogens with zero attached hydrogens (tertiary/aromatic N) is 1. The van der Waals surface area contributed by atoms with Crippen LogP contribution in [0.15, 0.2) is 30.5 Å². The third-order valence-corrected chi connectivity index (χ3v) is 2.96. The van der Waals surface area contributed by atoms with Crippen LogP contribution in [0.2, 0.25) is 0 Å². The van der Waals surface area contributed by atoms with Crippen LogP contribution < -0.4 is 5.32 Å². The van der Waals surface area contributed by atoms with Crippen molar-refractivity contribution in [2.75, 3.05) is 5.32 Å². The zero-order chi connectivity index (χ0) is 14.0. The number of benzene rings is 1. The quantitative estimate of drug-likeness (QED) is 0.844. The van der Waals surface area contributed by atoms with Gasteiger partial charge in [-0.1, -0.05) is 26.0 Å². The standard InChI is InChI=1S/C16H20N2O/c1-10(2)16(19)13-8-12-6-5-7-14(18-11(3)4)15(12)17-9-13/h5-11,18H,1-4H3. The normalized spacial score (nSPS) is 11.3. The summed E-state index contributed by atoms with van der Waals surface area (Å²) in [5.74, 6) is 0.132. The minimum absolute atomic E-state index is 0.00350. The zero-order valence-corrected chi connectivity index (χ0v) is 11.9. The van der Waals surface area contributed by atoms with Gasteiger partial charge in [-0.25, -0.2) is 0 Å². The van der Waals surface area contributed by atoms with Gasteiger partial charge in [-0.2, -0.15) is 0 Å². The van der Waals surface area contributed by atoms with E-state index in [0.29, 0.717) is 11.6 Å². The molecule has 3 heteroatoms. The highest BCUT2D eigenvalue weighted by Gasteiger charge is 2.12. The summed E-state index contributed by atoms with van der Waals surface area (Å²) in [5, 5.41) is 4.37. The van der Waals surface area contributed by atoms with Crippen molar-refractivity contribution in [3.63, 3.8) is 0 Å². The maximum Gasteiger partial charge on any atom is 0.166 e. The second-order valence-electron chi connectivity index (χ2n) is 5.42. The number of nitrogens with one attached hydrogen (secondary N) is 1. The number of Topliss-reactive ketones (excluding diaryl/α,β-unsaturated/α-hetero) is 1. The maximum absolute atomic E-state index is 12.0. The molecule has 0 saturated heterocycles. The van der Waals surface area contributed by atoms with Crippen LogP contribution in [0.4, 0.5) is 5.69 Å². The first kappa shape index (κ1) is 13.5. The summed E-state index contributed by atoms with van der Waals surface area (Å²) < 4.78 is 0. The Bertz CT molecular complexity index is 603. The fourth-order valence-electron chi connectivity index (χ4n) is 2.06. The Morgan fingerprint density at radius 1 is 1.21 bits per heavy atom. The molecule has 0 spiro atoms. The van der Waals surface area contributed by atoms with Crippen LogP contribution >= 0.6 is 0 Å². The number of hydrogen-bond donors (Lipinski definition) is 1. The molecule has 2 aromatic rings. The summed E-state index contributed by atoms with van der Waals surface area (Å²) in [6, 6.07) is 8.27. The molecule has 1 aromatic heterocycles. The maximum atomic E-state index is 12.0. The van der Waals surface area contributed by atoms with Crippen LogP contribution in [0.5, 0.6) is 0 Å². The Hall–Kier alpha value is -1.90. The minimum atomic E-state index is -0.00350. The van der Waals surface area contributed by atoms with Gasteiger partial charge in [0.05, 0.1) is 11.2 Å². The van der Waals surface area contributed by atoms with E-state index in [1.54, 1.807) is 6.20 Å². The Labute approximate surface area is 114 Å². The van der Waals surface area contributed by atoms with Gasteiger partial charge in [-0.15, -0.1) is 0 Å². The van der Waals surface area contributed by atoms with Gasteiger partial charge in [0.25, 0.3) is 0 Å². The van der Waals surface area contributed by atoms with E-state index in [0.717, 1.165) is 16.6 Å². The largest absolute Gasteiger partial charge is 0.381 e. The molecule has 0 saturated carbocycles. The summed E-state index contributed by atoms with van der Waals surface area (Å²) in [6.45, 7) is 8.00. The third kappa shape index (κ3) is 2.92. The van der Waals surface area contributed by atoms with E-state index < -0.39 is 0 Å². The zero-order valence-electron chi connectivity index (χ0n) is 11.9. The Kier molecular flexibility index (Phi) is 3.84.